The highest BCUT2D eigenvalue weighted by atomic mass is 19.1. The van der Waals surface area contributed by atoms with Gasteiger partial charge >= 0.3 is 0 Å². The molecule has 3 heterocycles. The third kappa shape index (κ3) is 4.28. The lowest BCUT2D eigenvalue weighted by molar-refractivity contribution is 0.0572. The van der Waals surface area contributed by atoms with E-state index in [4.69, 9.17) is 4.74 Å². The lowest BCUT2D eigenvalue weighted by Gasteiger charge is -2.16. The van der Waals surface area contributed by atoms with Crippen molar-refractivity contribution in [3.05, 3.63) is 82.7 Å². The SMILES string of the molecule is O=c1cc(OCc2ccc(F)cc2)ccn1-c1ccc(N2C[C@@H](O)[C@@H](O)C2)nc1. The van der Waals surface area contributed by atoms with E-state index in [1.54, 1.807) is 47.6 Å². The summed E-state index contributed by atoms with van der Waals surface area (Å²) >= 11 is 0. The van der Waals surface area contributed by atoms with E-state index in [9.17, 15) is 19.4 Å². The minimum Gasteiger partial charge on any atom is -0.489 e. The van der Waals surface area contributed by atoms with Crippen LogP contribution in [0.1, 0.15) is 5.56 Å². The van der Waals surface area contributed by atoms with Gasteiger partial charge in [-0.2, -0.15) is 0 Å². The van der Waals surface area contributed by atoms with Crippen LogP contribution in [0.3, 0.4) is 0 Å². The summed E-state index contributed by atoms with van der Waals surface area (Å²) in [6.45, 7) is 0.856. The number of benzene rings is 1. The molecule has 150 valence electrons. The van der Waals surface area contributed by atoms with Crippen molar-refractivity contribution in [1.82, 2.24) is 9.55 Å². The van der Waals surface area contributed by atoms with Crippen molar-refractivity contribution in [1.29, 1.82) is 0 Å². The standard InChI is InChI=1S/C21H20FN3O4/c22-15-3-1-14(2-4-15)13-29-17-7-8-25(21(28)9-17)16-5-6-20(23-10-16)24-11-18(26)19(27)12-24/h1-10,18-19,26-27H,11-13H2/t18-,19+. The molecule has 7 nitrogen and oxygen atoms in total. The first-order valence-electron chi connectivity index (χ1n) is 9.17. The van der Waals surface area contributed by atoms with E-state index in [-0.39, 0.29) is 18.0 Å². The van der Waals surface area contributed by atoms with E-state index >= 15 is 0 Å². The van der Waals surface area contributed by atoms with Gasteiger partial charge in [0.05, 0.1) is 24.1 Å². The summed E-state index contributed by atoms with van der Waals surface area (Å²) in [5.74, 6) is 0.727. The maximum absolute atomic E-state index is 12.9. The lowest BCUT2D eigenvalue weighted by Crippen LogP contribution is -2.22. The molecule has 29 heavy (non-hydrogen) atoms. The molecular formula is C21H20FN3O4. The number of rotatable bonds is 5. The lowest BCUT2D eigenvalue weighted by atomic mass is 10.2. The molecular weight excluding hydrogens is 377 g/mol. The Bertz CT molecular complexity index is 1030. The third-order valence-corrected chi connectivity index (χ3v) is 4.80. The van der Waals surface area contributed by atoms with E-state index in [0.29, 0.717) is 30.3 Å². The Morgan fingerprint density at radius 1 is 1.07 bits per heavy atom. The van der Waals surface area contributed by atoms with Crippen molar-refractivity contribution in [3.63, 3.8) is 0 Å². The molecule has 8 heteroatoms. The van der Waals surface area contributed by atoms with Gasteiger partial charge in [0.1, 0.15) is 24.0 Å². The summed E-state index contributed by atoms with van der Waals surface area (Å²) in [5, 5.41) is 19.3. The van der Waals surface area contributed by atoms with E-state index in [1.165, 1.54) is 22.8 Å². The molecule has 1 aliphatic rings. The molecule has 0 saturated carbocycles. The van der Waals surface area contributed by atoms with Crippen LogP contribution in [-0.2, 0) is 6.61 Å². The Kier molecular flexibility index (Phi) is 5.28. The molecule has 1 fully saturated rings. The average Bonchev–Trinajstić information content (AvgIpc) is 3.06. The molecule has 0 unspecified atom stereocenters. The fourth-order valence-corrected chi connectivity index (χ4v) is 3.18. The molecule has 1 saturated heterocycles. The number of anilines is 1. The van der Waals surface area contributed by atoms with Crippen LogP contribution in [-0.4, -0.2) is 45.1 Å². The number of nitrogens with zero attached hydrogens (tertiary/aromatic N) is 3. The summed E-state index contributed by atoms with van der Waals surface area (Å²) in [6.07, 6.45) is 1.58. The van der Waals surface area contributed by atoms with Gasteiger partial charge in [-0.1, -0.05) is 12.1 Å². The zero-order valence-corrected chi connectivity index (χ0v) is 15.5. The van der Waals surface area contributed by atoms with Crippen molar-refractivity contribution < 1.29 is 19.3 Å². The van der Waals surface area contributed by atoms with E-state index in [1.807, 2.05) is 0 Å². The quantitative estimate of drug-likeness (QED) is 0.678. The van der Waals surface area contributed by atoms with Crippen LogP contribution in [0.4, 0.5) is 10.2 Å². The molecule has 0 bridgehead atoms. The van der Waals surface area contributed by atoms with E-state index in [2.05, 4.69) is 4.98 Å². The van der Waals surface area contributed by atoms with Gasteiger partial charge in [0, 0.05) is 25.4 Å². The minimum atomic E-state index is -0.790. The molecule has 0 spiro atoms. The molecule has 1 aromatic carbocycles. The normalized spacial score (nSPS) is 18.8. The summed E-state index contributed by atoms with van der Waals surface area (Å²) < 4.78 is 20.0. The zero-order chi connectivity index (χ0) is 20.4. The first-order valence-corrected chi connectivity index (χ1v) is 9.17. The number of ether oxygens (including phenoxy) is 1. The highest BCUT2D eigenvalue weighted by molar-refractivity contribution is 5.45. The van der Waals surface area contributed by atoms with Gasteiger partial charge in [-0.05, 0) is 35.9 Å². The molecule has 0 aliphatic carbocycles. The summed E-state index contributed by atoms with van der Waals surface area (Å²) in [4.78, 5) is 18.6. The monoisotopic (exact) mass is 397 g/mol. The number of pyridine rings is 2. The Hall–Kier alpha value is -3.23. The fraction of sp³-hybridized carbons (Fsp3) is 0.238. The molecule has 2 aromatic heterocycles. The molecule has 0 radical (unpaired) electrons. The van der Waals surface area contributed by atoms with Crippen LogP contribution >= 0.6 is 0 Å². The Morgan fingerprint density at radius 3 is 2.41 bits per heavy atom. The van der Waals surface area contributed by atoms with Crippen LogP contribution in [0.15, 0.2) is 65.7 Å². The first kappa shape index (κ1) is 19.1. The average molecular weight is 397 g/mol. The van der Waals surface area contributed by atoms with Crippen LogP contribution < -0.4 is 15.2 Å². The number of aliphatic hydroxyl groups is 2. The van der Waals surface area contributed by atoms with Crippen LogP contribution in [0.25, 0.3) is 5.69 Å². The molecule has 0 amide bonds. The van der Waals surface area contributed by atoms with E-state index < -0.39 is 12.2 Å². The van der Waals surface area contributed by atoms with Crippen molar-refractivity contribution >= 4 is 5.82 Å². The van der Waals surface area contributed by atoms with Gasteiger partial charge in [0.15, 0.2) is 0 Å². The van der Waals surface area contributed by atoms with Gasteiger partial charge in [-0.3, -0.25) is 9.36 Å². The first-order chi connectivity index (χ1) is 14.0. The van der Waals surface area contributed by atoms with Crippen molar-refractivity contribution in [2.75, 3.05) is 18.0 Å². The van der Waals surface area contributed by atoms with Gasteiger partial charge in [-0.15, -0.1) is 0 Å². The van der Waals surface area contributed by atoms with Gasteiger partial charge < -0.3 is 19.8 Å². The molecule has 1 aliphatic heterocycles. The molecule has 2 N–H and O–H groups in total. The summed E-state index contributed by atoms with van der Waals surface area (Å²) in [6, 6.07) is 12.5. The highest BCUT2D eigenvalue weighted by Crippen LogP contribution is 2.20. The van der Waals surface area contributed by atoms with Crippen molar-refractivity contribution in [2.24, 2.45) is 0 Å². The van der Waals surface area contributed by atoms with Crippen molar-refractivity contribution in [2.45, 2.75) is 18.8 Å². The minimum absolute atomic E-state index is 0.230. The van der Waals surface area contributed by atoms with Gasteiger partial charge in [-0.25, -0.2) is 9.37 Å². The molecule has 3 aromatic rings. The topological polar surface area (TPSA) is 87.8 Å². The number of aromatic nitrogens is 2. The second-order valence-electron chi connectivity index (χ2n) is 6.90. The summed E-state index contributed by atoms with van der Waals surface area (Å²) in [7, 11) is 0. The Morgan fingerprint density at radius 2 is 1.79 bits per heavy atom. The smallest absolute Gasteiger partial charge is 0.258 e. The van der Waals surface area contributed by atoms with Crippen LogP contribution in [0.5, 0.6) is 5.75 Å². The highest BCUT2D eigenvalue weighted by Gasteiger charge is 2.30. The summed E-state index contributed by atoms with van der Waals surface area (Å²) in [5.41, 5.74) is 1.11. The van der Waals surface area contributed by atoms with Gasteiger partial charge in [0.25, 0.3) is 5.56 Å². The largest absolute Gasteiger partial charge is 0.489 e. The predicted molar refractivity (Wildman–Crippen MR) is 105 cm³/mol. The molecule has 4 rings (SSSR count). The van der Waals surface area contributed by atoms with Gasteiger partial charge in [0.2, 0.25) is 0 Å². The third-order valence-electron chi connectivity index (χ3n) is 4.80. The number of hydrogen-bond donors (Lipinski definition) is 2. The molecule has 2 atom stereocenters. The van der Waals surface area contributed by atoms with E-state index in [0.717, 1.165) is 5.56 Å². The van der Waals surface area contributed by atoms with Crippen LogP contribution in [0.2, 0.25) is 0 Å². The maximum Gasteiger partial charge on any atom is 0.258 e. The Labute approximate surface area is 166 Å². The number of aliphatic hydroxyl groups excluding tert-OH is 2. The predicted octanol–water partition coefficient (Wildman–Crippen LogP) is 1.49. The number of β-amino-alcohol motifs (C(OH)–C–C–N with tert-alkyl or cyclic N) is 2. The zero-order valence-electron chi connectivity index (χ0n) is 15.5. The fourth-order valence-electron chi connectivity index (χ4n) is 3.18. The second-order valence-corrected chi connectivity index (χ2v) is 6.90. The van der Waals surface area contributed by atoms with Crippen LogP contribution in [0, 0.1) is 5.82 Å². The Balaban J connectivity index is 1.45. The van der Waals surface area contributed by atoms with Crippen molar-refractivity contribution in [3.8, 4) is 11.4 Å². The number of hydrogen-bond acceptors (Lipinski definition) is 6. The number of halogens is 1. The maximum atomic E-state index is 12.9. The second kappa shape index (κ2) is 8.02.